The molecule has 0 aromatic heterocycles. The fourth-order valence-electron chi connectivity index (χ4n) is 1.24. The molecule has 4 heteroatoms. The molecular weight excluding hydrogens is 206 g/mol. The lowest BCUT2D eigenvalue weighted by atomic mass is 10.2. The number of allylic oxidation sites excluding steroid dienone is 1. The lowest BCUT2D eigenvalue weighted by Gasteiger charge is -2.09. The van der Waals surface area contributed by atoms with E-state index in [9.17, 15) is 10.1 Å². The highest BCUT2D eigenvalue weighted by Crippen LogP contribution is 2.17. The van der Waals surface area contributed by atoms with Gasteiger partial charge in [-0.2, -0.15) is 0 Å². The molecule has 0 bridgehead atoms. The number of hydrogen-bond donors (Lipinski definition) is 0. The maximum atomic E-state index is 10.5. The molecule has 0 heterocycles. The summed E-state index contributed by atoms with van der Waals surface area (Å²) in [7, 11) is 0. The summed E-state index contributed by atoms with van der Waals surface area (Å²) in [6, 6.07) is 7.24. The largest absolute Gasteiger partial charge is 0.491 e. The van der Waals surface area contributed by atoms with E-state index in [1.54, 1.807) is 12.1 Å². The predicted octanol–water partition coefficient (Wildman–Crippen LogP) is 3.11. The van der Waals surface area contributed by atoms with E-state index in [4.69, 9.17) is 4.74 Å². The second-order valence-electron chi connectivity index (χ2n) is 3.78. The Hall–Kier alpha value is -1.84. The van der Waals surface area contributed by atoms with E-state index in [1.807, 2.05) is 26.0 Å². The van der Waals surface area contributed by atoms with Crippen LogP contribution in [0.3, 0.4) is 0 Å². The first-order valence-corrected chi connectivity index (χ1v) is 5.08. The van der Waals surface area contributed by atoms with E-state index in [1.165, 1.54) is 13.0 Å². The number of ether oxygens (including phenoxy) is 1. The van der Waals surface area contributed by atoms with Gasteiger partial charge in [0, 0.05) is 13.0 Å². The zero-order valence-corrected chi connectivity index (χ0v) is 9.64. The van der Waals surface area contributed by atoms with Crippen molar-refractivity contribution in [3.63, 3.8) is 0 Å². The summed E-state index contributed by atoms with van der Waals surface area (Å²) >= 11 is 0. The summed E-state index contributed by atoms with van der Waals surface area (Å²) in [5, 5.41) is 10.5. The fourth-order valence-corrected chi connectivity index (χ4v) is 1.24. The van der Waals surface area contributed by atoms with Gasteiger partial charge < -0.3 is 4.74 Å². The third-order valence-corrected chi connectivity index (χ3v) is 1.89. The quantitative estimate of drug-likeness (QED) is 0.579. The lowest BCUT2D eigenvalue weighted by Crippen LogP contribution is -2.05. The van der Waals surface area contributed by atoms with Crippen LogP contribution in [0.4, 0.5) is 0 Å². The van der Waals surface area contributed by atoms with E-state index in [2.05, 4.69) is 0 Å². The Morgan fingerprint density at radius 3 is 2.75 bits per heavy atom. The van der Waals surface area contributed by atoms with Crippen molar-refractivity contribution >= 4 is 6.08 Å². The minimum absolute atomic E-state index is 0.0934. The fraction of sp³-hybridized carbons (Fsp3) is 0.333. The summed E-state index contributed by atoms with van der Waals surface area (Å²) < 4.78 is 5.50. The molecule has 0 fully saturated rings. The van der Waals surface area contributed by atoms with Gasteiger partial charge in [-0.25, -0.2) is 0 Å². The summed E-state index contributed by atoms with van der Waals surface area (Å²) in [4.78, 5) is 10.1. The molecule has 0 aliphatic heterocycles. The maximum Gasteiger partial charge on any atom is 0.243 e. The van der Waals surface area contributed by atoms with Crippen LogP contribution in [0, 0.1) is 10.1 Å². The summed E-state index contributed by atoms with van der Waals surface area (Å²) in [6.45, 7) is 5.34. The molecule has 4 nitrogen and oxygen atoms in total. The Balaban J connectivity index is 2.90. The van der Waals surface area contributed by atoms with Crippen LogP contribution < -0.4 is 4.74 Å². The van der Waals surface area contributed by atoms with Gasteiger partial charge in [0.1, 0.15) is 5.75 Å². The van der Waals surface area contributed by atoms with Crippen LogP contribution in [-0.4, -0.2) is 11.0 Å². The zero-order chi connectivity index (χ0) is 12.1. The number of benzene rings is 1. The van der Waals surface area contributed by atoms with Crippen LogP contribution in [0.15, 0.2) is 30.0 Å². The molecule has 16 heavy (non-hydrogen) atoms. The number of rotatable bonds is 4. The van der Waals surface area contributed by atoms with E-state index in [-0.39, 0.29) is 11.8 Å². The molecule has 1 rings (SSSR count). The van der Waals surface area contributed by atoms with Crippen molar-refractivity contribution < 1.29 is 9.66 Å². The van der Waals surface area contributed by atoms with E-state index in [0.29, 0.717) is 0 Å². The molecular formula is C12H15NO3. The molecule has 0 aliphatic rings. The zero-order valence-electron chi connectivity index (χ0n) is 9.64. The molecule has 0 saturated carbocycles. The molecule has 0 amide bonds. The second-order valence-corrected chi connectivity index (χ2v) is 3.78. The Labute approximate surface area is 94.7 Å². The highest BCUT2D eigenvalue weighted by molar-refractivity contribution is 5.52. The number of hydrogen-bond acceptors (Lipinski definition) is 3. The van der Waals surface area contributed by atoms with Gasteiger partial charge in [0.25, 0.3) is 0 Å². The summed E-state index contributed by atoms with van der Waals surface area (Å²) in [6.07, 6.45) is 1.61. The number of nitro groups is 1. The topological polar surface area (TPSA) is 52.4 Å². The van der Waals surface area contributed by atoms with Crippen LogP contribution in [-0.2, 0) is 0 Å². The first-order valence-electron chi connectivity index (χ1n) is 5.08. The first kappa shape index (κ1) is 12.2. The van der Waals surface area contributed by atoms with Gasteiger partial charge in [0.05, 0.1) is 11.0 Å². The van der Waals surface area contributed by atoms with Gasteiger partial charge in [0.2, 0.25) is 5.70 Å². The van der Waals surface area contributed by atoms with Crippen molar-refractivity contribution in [2.45, 2.75) is 26.9 Å². The van der Waals surface area contributed by atoms with Gasteiger partial charge in [-0.1, -0.05) is 12.1 Å². The van der Waals surface area contributed by atoms with Crippen LogP contribution in [0.2, 0.25) is 0 Å². The van der Waals surface area contributed by atoms with Crippen molar-refractivity contribution in [2.24, 2.45) is 0 Å². The smallest absolute Gasteiger partial charge is 0.243 e. The maximum absolute atomic E-state index is 10.5. The number of nitrogens with zero attached hydrogens (tertiary/aromatic N) is 1. The molecule has 1 aromatic carbocycles. The normalized spacial score (nSPS) is 11.6. The molecule has 86 valence electrons. The molecule has 0 radical (unpaired) electrons. The molecule has 0 aliphatic carbocycles. The highest BCUT2D eigenvalue weighted by atomic mass is 16.6. The Morgan fingerprint density at radius 1 is 1.50 bits per heavy atom. The summed E-state index contributed by atoms with van der Waals surface area (Å²) in [5.74, 6) is 0.722. The molecule has 0 spiro atoms. The van der Waals surface area contributed by atoms with Gasteiger partial charge in [-0.3, -0.25) is 10.1 Å². The van der Waals surface area contributed by atoms with E-state index in [0.717, 1.165) is 11.3 Å². The van der Waals surface area contributed by atoms with Crippen molar-refractivity contribution in [3.8, 4) is 5.75 Å². The van der Waals surface area contributed by atoms with Crippen LogP contribution >= 0.6 is 0 Å². The van der Waals surface area contributed by atoms with E-state index >= 15 is 0 Å². The van der Waals surface area contributed by atoms with E-state index < -0.39 is 4.92 Å². The van der Waals surface area contributed by atoms with Gasteiger partial charge >= 0.3 is 0 Å². The molecule has 0 saturated heterocycles. The average molecular weight is 221 g/mol. The van der Waals surface area contributed by atoms with Crippen molar-refractivity contribution in [1.82, 2.24) is 0 Å². The molecule has 0 atom stereocenters. The van der Waals surface area contributed by atoms with Crippen LogP contribution in [0.25, 0.3) is 6.08 Å². The van der Waals surface area contributed by atoms with Gasteiger partial charge in [-0.15, -0.1) is 0 Å². The van der Waals surface area contributed by atoms with Crippen molar-refractivity contribution in [3.05, 3.63) is 45.6 Å². The standard InChI is InChI=1S/C12H15NO3/c1-9(2)16-12-6-4-5-11(8-12)7-10(3)13(14)15/h4-9H,1-3H3. The SMILES string of the molecule is CC(=Cc1cccc(OC(C)C)c1)[N+](=O)[O-]. The monoisotopic (exact) mass is 221 g/mol. The third-order valence-electron chi connectivity index (χ3n) is 1.89. The lowest BCUT2D eigenvalue weighted by molar-refractivity contribution is -0.422. The summed E-state index contributed by atoms with van der Waals surface area (Å²) in [5.41, 5.74) is 0.883. The van der Waals surface area contributed by atoms with Crippen LogP contribution in [0.1, 0.15) is 26.3 Å². The first-order chi connectivity index (χ1) is 7.49. The predicted molar refractivity (Wildman–Crippen MR) is 62.9 cm³/mol. The van der Waals surface area contributed by atoms with Gasteiger partial charge in [-0.05, 0) is 31.5 Å². The van der Waals surface area contributed by atoms with Gasteiger partial charge in [0.15, 0.2) is 0 Å². The highest BCUT2D eigenvalue weighted by Gasteiger charge is 2.03. The van der Waals surface area contributed by atoms with Crippen molar-refractivity contribution in [1.29, 1.82) is 0 Å². The Kier molecular flexibility index (Phi) is 4.05. The van der Waals surface area contributed by atoms with Crippen molar-refractivity contribution in [2.75, 3.05) is 0 Å². The minimum Gasteiger partial charge on any atom is -0.491 e. The average Bonchev–Trinajstić information content (AvgIpc) is 2.16. The molecule has 0 unspecified atom stereocenters. The third kappa shape index (κ3) is 3.73. The molecule has 1 aromatic rings. The second kappa shape index (κ2) is 5.30. The Bertz CT molecular complexity index is 410. The Morgan fingerprint density at radius 2 is 2.19 bits per heavy atom. The molecule has 0 N–H and O–H groups in total. The van der Waals surface area contributed by atoms with Crippen LogP contribution in [0.5, 0.6) is 5.75 Å². The minimum atomic E-state index is -0.407.